The van der Waals surface area contributed by atoms with Crippen LogP contribution in [0.5, 0.6) is 0 Å². The predicted octanol–water partition coefficient (Wildman–Crippen LogP) is 3.63. The van der Waals surface area contributed by atoms with Crippen molar-refractivity contribution in [2.75, 3.05) is 5.32 Å². The summed E-state index contributed by atoms with van der Waals surface area (Å²) in [6.45, 7) is 2.58. The lowest BCUT2D eigenvalue weighted by atomic mass is 10.1. The monoisotopic (exact) mass is 309 g/mol. The van der Waals surface area contributed by atoms with Crippen LogP contribution in [0.2, 0.25) is 0 Å². The lowest BCUT2D eigenvalue weighted by Crippen LogP contribution is -2.16. The number of hydrogen-bond acceptors (Lipinski definition) is 2. The maximum Gasteiger partial charge on any atom is 0.256 e. The minimum atomic E-state index is -0.439. The van der Waals surface area contributed by atoms with Crippen molar-refractivity contribution in [3.8, 4) is 0 Å². The number of anilines is 1. The van der Waals surface area contributed by atoms with Gasteiger partial charge in [0.2, 0.25) is 0 Å². The molecule has 0 spiro atoms. The predicted molar refractivity (Wildman–Crippen MR) is 86.9 cm³/mol. The van der Waals surface area contributed by atoms with E-state index < -0.39 is 5.82 Å². The number of aryl methyl sites for hydroxylation is 1. The Kier molecular flexibility index (Phi) is 4.19. The number of aromatic nitrogens is 2. The van der Waals surface area contributed by atoms with Gasteiger partial charge in [-0.05, 0) is 30.7 Å². The average Bonchev–Trinajstić information content (AvgIpc) is 2.96. The van der Waals surface area contributed by atoms with Gasteiger partial charge in [0.15, 0.2) is 0 Å². The van der Waals surface area contributed by atoms with Gasteiger partial charge in [-0.15, -0.1) is 0 Å². The molecule has 23 heavy (non-hydrogen) atoms. The number of nitrogens with zero attached hydrogens (tertiary/aromatic N) is 2. The molecule has 5 heteroatoms. The Labute approximate surface area is 133 Å². The zero-order valence-electron chi connectivity index (χ0n) is 12.7. The number of amides is 1. The first-order valence-electron chi connectivity index (χ1n) is 7.26. The number of rotatable bonds is 4. The van der Waals surface area contributed by atoms with Crippen LogP contribution in [0.15, 0.2) is 60.8 Å². The fourth-order valence-corrected chi connectivity index (χ4v) is 2.25. The van der Waals surface area contributed by atoms with E-state index in [4.69, 9.17) is 0 Å². The average molecular weight is 309 g/mol. The van der Waals surface area contributed by atoms with Gasteiger partial charge in [-0.3, -0.25) is 4.79 Å². The maximum atomic E-state index is 13.2. The molecule has 0 fully saturated rings. The van der Waals surface area contributed by atoms with E-state index in [0.717, 1.165) is 5.56 Å². The molecule has 0 atom stereocenters. The van der Waals surface area contributed by atoms with Crippen molar-refractivity contribution in [1.82, 2.24) is 9.78 Å². The molecule has 2 aromatic carbocycles. The van der Waals surface area contributed by atoms with Gasteiger partial charge in [0.1, 0.15) is 11.6 Å². The zero-order valence-corrected chi connectivity index (χ0v) is 12.7. The van der Waals surface area contributed by atoms with E-state index in [9.17, 15) is 9.18 Å². The lowest BCUT2D eigenvalue weighted by molar-refractivity contribution is 0.102. The summed E-state index contributed by atoms with van der Waals surface area (Å²) in [4.78, 5) is 12.2. The number of nitrogens with one attached hydrogen (secondary N) is 1. The third-order valence-electron chi connectivity index (χ3n) is 3.50. The zero-order chi connectivity index (χ0) is 16.2. The Morgan fingerprint density at radius 3 is 2.70 bits per heavy atom. The maximum absolute atomic E-state index is 13.2. The van der Waals surface area contributed by atoms with Crippen LogP contribution in [0.1, 0.15) is 21.5 Å². The van der Waals surface area contributed by atoms with Gasteiger partial charge < -0.3 is 5.32 Å². The first-order chi connectivity index (χ1) is 11.1. The first kappa shape index (κ1) is 15.0. The Balaban J connectivity index is 1.75. The Morgan fingerprint density at radius 2 is 1.96 bits per heavy atom. The van der Waals surface area contributed by atoms with Crippen LogP contribution in [-0.4, -0.2) is 15.7 Å². The highest BCUT2D eigenvalue weighted by molar-refractivity contribution is 6.03. The molecule has 1 N–H and O–H groups in total. The summed E-state index contributed by atoms with van der Waals surface area (Å²) in [7, 11) is 0. The van der Waals surface area contributed by atoms with Crippen molar-refractivity contribution in [3.05, 3.63) is 83.3 Å². The van der Waals surface area contributed by atoms with Crippen molar-refractivity contribution in [2.24, 2.45) is 0 Å². The van der Waals surface area contributed by atoms with Crippen LogP contribution in [0, 0.1) is 12.7 Å². The highest BCUT2D eigenvalue weighted by atomic mass is 19.1. The molecule has 0 aliphatic rings. The van der Waals surface area contributed by atoms with Crippen molar-refractivity contribution in [2.45, 2.75) is 13.5 Å². The molecule has 0 saturated heterocycles. The molecule has 3 rings (SSSR count). The Morgan fingerprint density at radius 1 is 1.17 bits per heavy atom. The number of benzene rings is 2. The second-order valence-electron chi connectivity index (χ2n) is 5.32. The van der Waals surface area contributed by atoms with Crippen molar-refractivity contribution in [3.63, 3.8) is 0 Å². The molecule has 116 valence electrons. The Bertz CT molecular complexity index is 824. The van der Waals surface area contributed by atoms with Gasteiger partial charge in [-0.25, -0.2) is 9.07 Å². The third kappa shape index (κ3) is 3.63. The fourth-order valence-electron chi connectivity index (χ4n) is 2.25. The van der Waals surface area contributed by atoms with Gasteiger partial charge in [-0.2, -0.15) is 5.10 Å². The number of halogens is 1. The number of hydrogen-bond donors (Lipinski definition) is 1. The summed E-state index contributed by atoms with van der Waals surface area (Å²) in [5.41, 5.74) is 2.54. The van der Waals surface area contributed by atoms with Crippen molar-refractivity contribution >= 4 is 11.7 Å². The summed E-state index contributed by atoms with van der Waals surface area (Å²) < 4.78 is 14.9. The molecule has 4 nitrogen and oxygen atoms in total. The normalized spacial score (nSPS) is 10.5. The van der Waals surface area contributed by atoms with Crippen LogP contribution in [0.3, 0.4) is 0 Å². The van der Waals surface area contributed by atoms with Crippen LogP contribution in [-0.2, 0) is 6.54 Å². The van der Waals surface area contributed by atoms with E-state index in [1.54, 1.807) is 23.0 Å². The molecule has 0 saturated carbocycles. The highest BCUT2D eigenvalue weighted by Gasteiger charge is 2.10. The summed E-state index contributed by atoms with van der Waals surface area (Å²) in [6.07, 6.45) is 1.62. The summed E-state index contributed by atoms with van der Waals surface area (Å²) in [6, 6.07) is 15.4. The molecule has 0 radical (unpaired) electrons. The van der Waals surface area contributed by atoms with E-state index >= 15 is 0 Å². The first-order valence-corrected chi connectivity index (χ1v) is 7.26. The van der Waals surface area contributed by atoms with E-state index in [0.29, 0.717) is 12.4 Å². The molecule has 0 unspecified atom stereocenters. The van der Waals surface area contributed by atoms with Gasteiger partial charge in [0.25, 0.3) is 5.91 Å². The Hall–Kier alpha value is -2.95. The van der Waals surface area contributed by atoms with Gasteiger partial charge in [0.05, 0.1) is 12.7 Å². The molecule has 0 aliphatic heterocycles. The standard InChI is InChI=1S/C18H16FN3O/c1-13-5-7-14(8-6-13)12-22-17(9-10-20-22)21-18(23)15-3-2-4-16(19)11-15/h2-11H,12H2,1H3,(H,21,23). The highest BCUT2D eigenvalue weighted by Crippen LogP contribution is 2.13. The molecule has 1 amide bonds. The molecule has 1 aromatic heterocycles. The third-order valence-corrected chi connectivity index (χ3v) is 3.50. The van der Waals surface area contributed by atoms with Crippen LogP contribution in [0.25, 0.3) is 0 Å². The van der Waals surface area contributed by atoms with Crippen molar-refractivity contribution < 1.29 is 9.18 Å². The van der Waals surface area contributed by atoms with E-state index in [-0.39, 0.29) is 11.5 Å². The van der Waals surface area contributed by atoms with Crippen LogP contribution < -0.4 is 5.32 Å². The second-order valence-corrected chi connectivity index (χ2v) is 5.32. The number of carbonyl (C=O) groups excluding carboxylic acids is 1. The van der Waals surface area contributed by atoms with Crippen LogP contribution in [0.4, 0.5) is 10.2 Å². The number of carbonyl (C=O) groups is 1. The van der Waals surface area contributed by atoms with E-state index in [2.05, 4.69) is 10.4 Å². The molecule has 1 heterocycles. The fraction of sp³-hybridized carbons (Fsp3) is 0.111. The SMILES string of the molecule is Cc1ccc(Cn2nccc2NC(=O)c2cccc(F)c2)cc1. The minimum absolute atomic E-state index is 0.271. The summed E-state index contributed by atoms with van der Waals surface area (Å²) >= 11 is 0. The molecule has 0 bridgehead atoms. The largest absolute Gasteiger partial charge is 0.307 e. The lowest BCUT2D eigenvalue weighted by Gasteiger charge is -2.09. The molecular weight excluding hydrogens is 293 g/mol. The van der Waals surface area contributed by atoms with Crippen LogP contribution >= 0.6 is 0 Å². The summed E-state index contributed by atoms with van der Waals surface area (Å²) in [5.74, 6) is -0.235. The van der Waals surface area contributed by atoms with E-state index in [1.165, 1.54) is 23.8 Å². The molecular formula is C18H16FN3O. The van der Waals surface area contributed by atoms with Gasteiger partial charge in [-0.1, -0.05) is 35.9 Å². The van der Waals surface area contributed by atoms with Crippen molar-refractivity contribution in [1.29, 1.82) is 0 Å². The molecule has 3 aromatic rings. The smallest absolute Gasteiger partial charge is 0.256 e. The topological polar surface area (TPSA) is 46.9 Å². The molecule has 0 aliphatic carbocycles. The van der Waals surface area contributed by atoms with Gasteiger partial charge >= 0.3 is 0 Å². The minimum Gasteiger partial charge on any atom is -0.307 e. The van der Waals surface area contributed by atoms with E-state index in [1.807, 2.05) is 31.2 Å². The van der Waals surface area contributed by atoms with Gasteiger partial charge in [0, 0.05) is 11.6 Å². The second kappa shape index (κ2) is 6.44. The summed E-state index contributed by atoms with van der Waals surface area (Å²) in [5, 5.41) is 6.99. The quantitative estimate of drug-likeness (QED) is 0.800.